The summed E-state index contributed by atoms with van der Waals surface area (Å²) in [4.78, 5) is 25.0. The van der Waals surface area contributed by atoms with Crippen LogP contribution in [0.2, 0.25) is 0 Å². The number of amides is 1. The molecule has 1 aliphatic rings. The summed E-state index contributed by atoms with van der Waals surface area (Å²) in [5, 5.41) is 8.96. The molecule has 1 aliphatic heterocycles. The summed E-state index contributed by atoms with van der Waals surface area (Å²) in [6.07, 6.45) is 0.432. The topological polar surface area (TPSA) is 66.8 Å². The maximum atomic E-state index is 12.5. The molecule has 0 aromatic heterocycles. The molecule has 0 radical (unpaired) electrons. The van der Waals surface area contributed by atoms with E-state index in [4.69, 9.17) is 9.84 Å². The van der Waals surface area contributed by atoms with Gasteiger partial charge in [-0.25, -0.2) is 0 Å². The molecule has 5 nitrogen and oxygen atoms in total. The molecule has 2 rings (SSSR count). The minimum absolute atomic E-state index is 0.0457. The lowest BCUT2D eigenvalue weighted by atomic mass is 10.1. The highest BCUT2D eigenvalue weighted by Crippen LogP contribution is 2.25. The lowest BCUT2D eigenvalue weighted by Gasteiger charge is -2.23. The SMILES string of the molecule is COC1CC(CC(=O)O)N(C(=O)c2ccc(I)cc2)C1. The molecule has 0 saturated carbocycles. The Balaban J connectivity index is 2.17. The normalized spacial score (nSPS) is 22.0. The molecule has 108 valence electrons. The van der Waals surface area contributed by atoms with Gasteiger partial charge >= 0.3 is 5.97 Å². The summed E-state index contributed by atoms with van der Waals surface area (Å²) in [6.45, 7) is 0.444. The highest BCUT2D eigenvalue weighted by Gasteiger charge is 2.36. The van der Waals surface area contributed by atoms with Gasteiger partial charge in [-0.15, -0.1) is 0 Å². The number of ether oxygens (including phenoxy) is 1. The van der Waals surface area contributed by atoms with Crippen molar-refractivity contribution in [3.05, 3.63) is 33.4 Å². The van der Waals surface area contributed by atoms with Crippen LogP contribution >= 0.6 is 22.6 Å². The Labute approximate surface area is 131 Å². The number of aliphatic carboxylic acids is 1. The zero-order valence-corrected chi connectivity index (χ0v) is 13.2. The van der Waals surface area contributed by atoms with Crippen molar-refractivity contribution in [1.82, 2.24) is 4.90 Å². The third-order valence-corrected chi connectivity index (χ3v) is 4.19. The minimum Gasteiger partial charge on any atom is -0.481 e. The molecule has 1 aromatic rings. The van der Waals surface area contributed by atoms with Gasteiger partial charge in [-0.05, 0) is 53.3 Å². The zero-order chi connectivity index (χ0) is 14.7. The van der Waals surface area contributed by atoms with E-state index in [9.17, 15) is 9.59 Å². The highest BCUT2D eigenvalue weighted by atomic mass is 127. The minimum atomic E-state index is -0.896. The molecular formula is C14H16INO4. The van der Waals surface area contributed by atoms with E-state index in [-0.39, 0.29) is 24.5 Å². The van der Waals surface area contributed by atoms with Crippen molar-refractivity contribution in [2.75, 3.05) is 13.7 Å². The predicted octanol–water partition coefficient (Wildman–Crippen LogP) is 2.00. The van der Waals surface area contributed by atoms with Gasteiger partial charge in [0.2, 0.25) is 0 Å². The number of benzene rings is 1. The average molecular weight is 389 g/mol. The second-order valence-electron chi connectivity index (χ2n) is 4.81. The van der Waals surface area contributed by atoms with Gasteiger partial charge in [-0.3, -0.25) is 9.59 Å². The van der Waals surface area contributed by atoms with Crippen LogP contribution in [0.5, 0.6) is 0 Å². The Kier molecular flexibility index (Phi) is 4.98. The van der Waals surface area contributed by atoms with E-state index in [1.165, 1.54) is 0 Å². The van der Waals surface area contributed by atoms with E-state index in [0.29, 0.717) is 18.5 Å². The van der Waals surface area contributed by atoms with Crippen molar-refractivity contribution < 1.29 is 19.4 Å². The fourth-order valence-electron chi connectivity index (χ4n) is 2.45. The Morgan fingerprint density at radius 1 is 1.40 bits per heavy atom. The number of hydrogen-bond acceptors (Lipinski definition) is 3. The maximum Gasteiger partial charge on any atom is 0.305 e. The third-order valence-electron chi connectivity index (χ3n) is 3.47. The van der Waals surface area contributed by atoms with Gasteiger partial charge in [0.15, 0.2) is 0 Å². The fourth-order valence-corrected chi connectivity index (χ4v) is 2.81. The van der Waals surface area contributed by atoms with E-state index in [1.807, 2.05) is 12.1 Å². The summed E-state index contributed by atoms with van der Waals surface area (Å²) in [5.41, 5.74) is 0.581. The molecule has 1 saturated heterocycles. The molecule has 2 atom stereocenters. The van der Waals surface area contributed by atoms with Crippen molar-refractivity contribution in [3.8, 4) is 0 Å². The smallest absolute Gasteiger partial charge is 0.305 e. The molecule has 1 fully saturated rings. The fraction of sp³-hybridized carbons (Fsp3) is 0.429. The first-order valence-corrected chi connectivity index (χ1v) is 7.40. The monoisotopic (exact) mass is 389 g/mol. The molecule has 0 spiro atoms. The van der Waals surface area contributed by atoms with E-state index in [2.05, 4.69) is 22.6 Å². The van der Waals surface area contributed by atoms with Crippen LogP contribution in [0.3, 0.4) is 0 Å². The quantitative estimate of drug-likeness (QED) is 0.801. The van der Waals surface area contributed by atoms with Crippen LogP contribution in [-0.2, 0) is 9.53 Å². The summed E-state index contributed by atoms with van der Waals surface area (Å²) in [5.74, 6) is -1.03. The van der Waals surface area contributed by atoms with Crippen LogP contribution in [0.4, 0.5) is 0 Å². The van der Waals surface area contributed by atoms with Crippen LogP contribution in [0.1, 0.15) is 23.2 Å². The number of likely N-dealkylation sites (tertiary alicyclic amines) is 1. The Morgan fingerprint density at radius 2 is 2.05 bits per heavy atom. The van der Waals surface area contributed by atoms with Gasteiger partial charge in [0.25, 0.3) is 5.91 Å². The first kappa shape index (κ1) is 15.2. The molecule has 1 amide bonds. The number of hydrogen-bond donors (Lipinski definition) is 1. The van der Waals surface area contributed by atoms with E-state index in [1.54, 1.807) is 24.1 Å². The number of rotatable bonds is 4. The van der Waals surface area contributed by atoms with Crippen LogP contribution in [0, 0.1) is 3.57 Å². The lowest BCUT2D eigenvalue weighted by Crippen LogP contribution is -2.37. The highest BCUT2D eigenvalue weighted by molar-refractivity contribution is 14.1. The molecule has 20 heavy (non-hydrogen) atoms. The Hall–Kier alpha value is -1.15. The standard InChI is InChI=1S/C14H16INO4/c1-20-12-6-11(7-13(17)18)16(8-12)14(19)9-2-4-10(15)5-3-9/h2-5,11-12H,6-8H2,1H3,(H,17,18). The predicted molar refractivity (Wildman–Crippen MR) is 81.7 cm³/mol. The number of carbonyl (C=O) groups excluding carboxylic acids is 1. The Morgan fingerprint density at radius 3 is 2.60 bits per heavy atom. The summed E-state index contributed by atoms with van der Waals surface area (Å²) >= 11 is 2.17. The van der Waals surface area contributed by atoms with Gasteiger partial charge in [-0.1, -0.05) is 0 Å². The van der Waals surface area contributed by atoms with Crippen molar-refractivity contribution in [2.24, 2.45) is 0 Å². The van der Waals surface area contributed by atoms with Crippen molar-refractivity contribution in [2.45, 2.75) is 25.0 Å². The molecule has 6 heteroatoms. The van der Waals surface area contributed by atoms with Crippen LogP contribution in [-0.4, -0.2) is 47.7 Å². The molecule has 0 aliphatic carbocycles. The van der Waals surface area contributed by atoms with Crippen LogP contribution < -0.4 is 0 Å². The molecule has 0 bridgehead atoms. The van der Waals surface area contributed by atoms with Gasteiger partial charge in [0, 0.05) is 28.8 Å². The molecule has 2 unspecified atom stereocenters. The first-order valence-electron chi connectivity index (χ1n) is 6.32. The second kappa shape index (κ2) is 6.53. The van der Waals surface area contributed by atoms with E-state index in [0.717, 1.165) is 3.57 Å². The first-order chi connectivity index (χ1) is 9.51. The lowest BCUT2D eigenvalue weighted by molar-refractivity contribution is -0.137. The number of carboxylic acids is 1. The molecule has 1 aromatic carbocycles. The third kappa shape index (κ3) is 3.49. The second-order valence-corrected chi connectivity index (χ2v) is 6.06. The van der Waals surface area contributed by atoms with Crippen molar-refractivity contribution >= 4 is 34.5 Å². The number of carbonyl (C=O) groups is 2. The number of carboxylic acid groups (broad SMARTS) is 1. The van der Waals surface area contributed by atoms with Gasteiger partial charge in [-0.2, -0.15) is 0 Å². The molecular weight excluding hydrogens is 373 g/mol. The Bertz CT molecular complexity index is 502. The number of nitrogens with zero attached hydrogens (tertiary/aromatic N) is 1. The van der Waals surface area contributed by atoms with E-state index >= 15 is 0 Å². The average Bonchev–Trinajstić information content (AvgIpc) is 2.81. The summed E-state index contributed by atoms with van der Waals surface area (Å²) in [6, 6.07) is 6.96. The van der Waals surface area contributed by atoms with Gasteiger partial charge in [0.1, 0.15) is 0 Å². The van der Waals surface area contributed by atoms with Crippen molar-refractivity contribution in [3.63, 3.8) is 0 Å². The summed E-state index contributed by atoms with van der Waals surface area (Å²) < 4.78 is 6.32. The van der Waals surface area contributed by atoms with Gasteiger partial charge < -0.3 is 14.7 Å². The summed E-state index contributed by atoms with van der Waals surface area (Å²) in [7, 11) is 1.58. The zero-order valence-electron chi connectivity index (χ0n) is 11.1. The number of halogens is 1. The van der Waals surface area contributed by atoms with E-state index < -0.39 is 5.97 Å². The largest absolute Gasteiger partial charge is 0.481 e. The van der Waals surface area contributed by atoms with Crippen LogP contribution in [0.15, 0.2) is 24.3 Å². The van der Waals surface area contributed by atoms with Crippen LogP contribution in [0.25, 0.3) is 0 Å². The number of methoxy groups -OCH3 is 1. The molecule has 1 N–H and O–H groups in total. The molecule has 1 heterocycles. The maximum absolute atomic E-state index is 12.5. The van der Waals surface area contributed by atoms with Crippen molar-refractivity contribution in [1.29, 1.82) is 0 Å². The van der Waals surface area contributed by atoms with Gasteiger partial charge in [0.05, 0.1) is 12.5 Å².